The first-order chi connectivity index (χ1) is 29.2. The summed E-state index contributed by atoms with van der Waals surface area (Å²) in [6.07, 6.45) is 1.06. The van der Waals surface area contributed by atoms with Gasteiger partial charge in [0, 0.05) is 35.8 Å². The topological polar surface area (TPSA) is 210 Å². The van der Waals surface area contributed by atoms with Crippen LogP contribution in [0, 0.1) is 0 Å². The molecule has 18 heteroatoms. The largest absolute Gasteiger partial charge is 0.491 e. The maximum absolute atomic E-state index is 13.0. The van der Waals surface area contributed by atoms with Crippen LogP contribution in [0.4, 0.5) is 10.5 Å². The molecule has 2 heterocycles. The van der Waals surface area contributed by atoms with Crippen LogP contribution in [0.3, 0.4) is 0 Å². The lowest BCUT2D eigenvalue weighted by atomic mass is 10.0. The van der Waals surface area contributed by atoms with Crippen molar-refractivity contribution in [1.29, 1.82) is 0 Å². The lowest BCUT2D eigenvalue weighted by molar-refractivity contribution is -0.136. The van der Waals surface area contributed by atoms with Gasteiger partial charge in [0.15, 0.2) is 0 Å². The molecule has 1 atom stereocenters. The van der Waals surface area contributed by atoms with Crippen LogP contribution in [0.2, 0.25) is 5.02 Å². The van der Waals surface area contributed by atoms with E-state index in [4.69, 9.17) is 49.9 Å². The molecule has 324 valence electrons. The number of benzene rings is 3. The first-order valence-corrected chi connectivity index (χ1v) is 20.1. The Labute approximate surface area is 352 Å². The summed E-state index contributed by atoms with van der Waals surface area (Å²) in [7, 11) is 0. The first-order valence-electron chi connectivity index (χ1n) is 19.7. The predicted molar refractivity (Wildman–Crippen MR) is 217 cm³/mol. The third kappa shape index (κ3) is 15.5. The molecule has 0 aromatic heterocycles. The number of carbonyl (C=O) groups excluding carboxylic acids is 4. The quantitative estimate of drug-likeness (QED) is 0.0636. The van der Waals surface area contributed by atoms with E-state index in [0.29, 0.717) is 121 Å². The maximum Gasteiger partial charge on any atom is 0.335 e. The molecule has 17 nitrogen and oxygen atoms in total. The van der Waals surface area contributed by atoms with Gasteiger partial charge in [-0.3, -0.25) is 19.7 Å². The van der Waals surface area contributed by atoms with Crippen LogP contribution in [0.5, 0.6) is 5.75 Å². The fourth-order valence-electron chi connectivity index (χ4n) is 6.27. The summed E-state index contributed by atoms with van der Waals surface area (Å²) >= 11 is 6.32. The van der Waals surface area contributed by atoms with E-state index in [1.165, 1.54) is 17.0 Å². The number of piperidine rings is 1. The van der Waals surface area contributed by atoms with E-state index in [1.54, 1.807) is 30.3 Å². The molecule has 0 spiro atoms. The molecule has 0 saturated carbocycles. The summed E-state index contributed by atoms with van der Waals surface area (Å²) in [5.74, 6) is -1.45. The Morgan fingerprint density at radius 3 is 1.93 bits per heavy atom. The minimum Gasteiger partial charge on any atom is -0.491 e. The Morgan fingerprint density at radius 2 is 1.33 bits per heavy atom. The number of urea groups is 1. The number of rotatable bonds is 27. The lowest BCUT2D eigenvalue weighted by Gasteiger charge is -2.29. The number of ether oxygens (including phenoxy) is 7. The van der Waals surface area contributed by atoms with Crippen LogP contribution in [0.15, 0.2) is 60.7 Å². The second-order valence-electron chi connectivity index (χ2n) is 13.6. The van der Waals surface area contributed by atoms with Gasteiger partial charge < -0.3 is 53.8 Å². The highest BCUT2D eigenvalue weighted by molar-refractivity contribution is 6.31. The summed E-state index contributed by atoms with van der Waals surface area (Å²) in [5, 5.41) is 17.3. The Hall–Kier alpha value is -5.14. The summed E-state index contributed by atoms with van der Waals surface area (Å²) in [4.78, 5) is 61.9. The highest BCUT2D eigenvalue weighted by Crippen LogP contribution is 2.28. The standard InChI is InChI=1S/C42H51ClN4O13/c43-33-24-29(25-34(26-33)45-42(53)44-27-30-1-6-36-32(23-30)28-47(40(36)50)37-7-8-38(48)46-39(37)49)9-10-54-11-12-55-13-14-56-15-16-57-17-18-58-19-20-59-21-22-60-35-4-2-31(3-5-35)41(51)52/h1-6,23-26,37H,7-22,27-28H2,(H,51,52)(H2,44,45,53)(H,46,48,49). The number of hydrogen-bond donors (Lipinski definition) is 4. The molecule has 1 unspecified atom stereocenters. The number of anilines is 1. The summed E-state index contributed by atoms with van der Waals surface area (Å²) in [6, 6.07) is 15.7. The van der Waals surface area contributed by atoms with E-state index in [-0.39, 0.29) is 36.9 Å². The zero-order chi connectivity index (χ0) is 42.5. The van der Waals surface area contributed by atoms with Crippen molar-refractivity contribution < 1.29 is 62.2 Å². The van der Waals surface area contributed by atoms with E-state index in [2.05, 4.69) is 16.0 Å². The minimum atomic E-state index is -0.980. The fraction of sp³-hybridized carbons (Fsp3) is 0.452. The number of amides is 5. The van der Waals surface area contributed by atoms with Crippen LogP contribution in [0.25, 0.3) is 0 Å². The van der Waals surface area contributed by atoms with Crippen molar-refractivity contribution in [2.24, 2.45) is 0 Å². The molecule has 60 heavy (non-hydrogen) atoms. The monoisotopic (exact) mass is 854 g/mol. The Bertz CT molecular complexity index is 1900. The van der Waals surface area contributed by atoms with Gasteiger partial charge in [0.05, 0.1) is 84.8 Å². The molecule has 1 saturated heterocycles. The first kappa shape index (κ1) is 45.9. The molecule has 3 aromatic rings. The normalized spacial score (nSPS) is 14.8. The number of nitrogens with zero attached hydrogens (tertiary/aromatic N) is 1. The molecule has 1 fully saturated rings. The van der Waals surface area contributed by atoms with Crippen LogP contribution in [-0.2, 0) is 57.5 Å². The third-order valence-electron chi connectivity index (χ3n) is 9.25. The van der Waals surface area contributed by atoms with Gasteiger partial charge in [-0.15, -0.1) is 0 Å². The van der Waals surface area contributed by atoms with Crippen LogP contribution in [-0.4, -0.2) is 132 Å². The minimum absolute atomic E-state index is 0.187. The van der Waals surface area contributed by atoms with E-state index >= 15 is 0 Å². The number of halogens is 1. The number of imide groups is 1. The smallest absolute Gasteiger partial charge is 0.335 e. The van der Waals surface area contributed by atoms with Crippen molar-refractivity contribution in [2.75, 3.05) is 91.2 Å². The van der Waals surface area contributed by atoms with Gasteiger partial charge in [-0.05, 0) is 78.1 Å². The number of aromatic carboxylic acids is 1. The van der Waals surface area contributed by atoms with Crippen LogP contribution in [0.1, 0.15) is 50.2 Å². The Balaban J connectivity index is 0.821. The number of carboxylic acids is 1. The number of fused-ring (bicyclic) bond motifs is 1. The average molecular weight is 855 g/mol. The number of nitrogens with one attached hydrogen (secondary N) is 3. The molecule has 0 radical (unpaired) electrons. The fourth-order valence-corrected chi connectivity index (χ4v) is 6.52. The van der Waals surface area contributed by atoms with Gasteiger partial charge in [-0.25, -0.2) is 9.59 Å². The van der Waals surface area contributed by atoms with Gasteiger partial charge in [0.1, 0.15) is 18.4 Å². The second-order valence-corrected chi connectivity index (χ2v) is 14.1. The van der Waals surface area contributed by atoms with Crippen molar-refractivity contribution in [2.45, 2.75) is 38.4 Å². The molecule has 2 aliphatic heterocycles. The van der Waals surface area contributed by atoms with Crippen molar-refractivity contribution in [3.05, 3.63) is 93.5 Å². The van der Waals surface area contributed by atoms with Gasteiger partial charge in [-0.2, -0.15) is 0 Å². The Kier molecular flexibility index (Phi) is 19.0. The molecular formula is C42H51ClN4O13. The predicted octanol–water partition coefficient (Wildman–Crippen LogP) is 3.84. The van der Waals surface area contributed by atoms with E-state index in [9.17, 15) is 24.0 Å². The molecule has 2 aliphatic rings. The summed E-state index contributed by atoms with van der Waals surface area (Å²) < 4.78 is 38.7. The zero-order valence-electron chi connectivity index (χ0n) is 33.3. The zero-order valence-corrected chi connectivity index (χ0v) is 34.0. The SMILES string of the molecule is O=C1CCC(N2Cc3cc(CNC(=O)Nc4cc(Cl)cc(CCOCCOCCOCCOCCOCCOCCOc5ccc(C(=O)O)cc5)c4)ccc3C2=O)C(=O)N1. The molecule has 0 bridgehead atoms. The highest BCUT2D eigenvalue weighted by atomic mass is 35.5. The van der Waals surface area contributed by atoms with Crippen LogP contribution >= 0.6 is 11.6 Å². The molecule has 5 amide bonds. The number of carboxylic acid groups (broad SMARTS) is 1. The second kappa shape index (κ2) is 24.8. The number of hydrogen-bond acceptors (Lipinski definition) is 12. The van der Waals surface area contributed by atoms with E-state index in [0.717, 1.165) is 16.7 Å². The van der Waals surface area contributed by atoms with Crippen molar-refractivity contribution >= 4 is 47.0 Å². The molecule has 3 aromatic carbocycles. The third-order valence-corrected chi connectivity index (χ3v) is 9.47. The van der Waals surface area contributed by atoms with Crippen molar-refractivity contribution in [3.8, 4) is 5.75 Å². The summed E-state index contributed by atoms with van der Waals surface area (Å²) in [5.41, 5.74) is 3.68. The molecule has 4 N–H and O–H groups in total. The average Bonchev–Trinajstić information content (AvgIpc) is 3.55. The molecule has 0 aliphatic carbocycles. The van der Waals surface area contributed by atoms with Gasteiger partial charge in [0.2, 0.25) is 11.8 Å². The van der Waals surface area contributed by atoms with Crippen molar-refractivity contribution in [3.63, 3.8) is 0 Å². The van der Waals surface area contributed by atoms with Gasteiger partial charge >= 0.3 is 12.0 Å². The molecular weight excluding hydrogens is 804 g/mol. The van der Waals surface area contributed by atoms with Gasteiger partial charge in [0.25, 0.3) is 5.91 Å². The van der Waals surface area contributed by atoms with Crippen LogP contribution < -0.4 is 20.7 Å². The number of carbonyl (C=O) groups is 5. The Morgan fingerprint density at radius 1 is 0.733 bits per heavy atom. The summed E-state index contributed by atoms with van der Waals surface area (Å²) in [6.45, 7) is 5.91. The molecule has 5 rings (SSSR count). The maximum atomic E-state index is 13.0. The van der Waals surface area contributed by atoms with E-state index in [1.807, 2.05) is 18.2 Å². The van der Waals surface area contributed by atoms with Gasteiger partial charge in [-0.1, -0.05) is 23.7 Å². The highest BCUT2D eigenvalue weighted by Gasteiger charge is 2.39. The van der Waals surface area contributed by atoms with Crippen molar-refractivity contribution in [1.82, 2.24) is 15.5 Å². The lowest BCUT2D eigenvalue weighted by Crippen LogP contribution is -2.52. The van der Waals surface area contributed by atoms with E-state index < -0.39 is 23.9 Å².